The SMILES string of the molecule is Cc1cccc(NC(C)C(=O)N(C)Cc2cccc(F)c2)c1C. The lowest BCUT2D eigenvalue weighted by Gasteiger charge is -2.24. The van der Waals surface area contributed by atoms with Crippen molar-refractivity contribution < 1.29 is 9.18 Å². The van der Waals surface area contributed by atoms with Crippen molar-refractivity contribution >= 4 is 11.6 Å². The Morgan fingerprint density at radius 1 is 1.22 bits per heavy atom. The predicted molar refractivity (Wildman–Crippen MR) is 91.9 cm³/mol. The monoisotopic (exact) mass is 314 g/mol. The zero-order chi connectivity index (χ0) is 17.0. The highest BCUT2D eigenvalue weighted by atomic mass is 19.1. The second-order valence-electron chi connectivity index (χ2n) is 5.94. The number of likely N-dealkylation sites (N-methyl/N-ethyl adjacent to an activating group) is 1. The minimum absolute atomic E-state index is 0.0323. The van der Waals surface area contributed by atoms with Crippen molar-refractivity contribution in [1.29, 1.82) is 0 Å². The summed E-state index contributed by atoms with van der Waals surface area (Å²) in [6, 6.07) is 12.0. The van der Waals surface area contributed by atoms with Gasteiger partial charge < -0.3 is 10.2 Å². The summed E-state index contributed by atoms with van der Waals surface area (Å²) in [7, 11) is 1.73. The molecule has 0 fully saturated rings. The molecule has 23 heavy (non-hydrogen) atoms. The fourth-order valence-electron chi connectivity index (χ4n) is 2.52. The molecule has 1 N–H and O–H groups in total. The van der Waals surface area contributed by atoms with Crippen molar-refractivity contribution in [3.63, 3.8) is 0 Å². The Morgan fingerprint density at radius 2 is 1.91 bits per heavy atom. The maximum atomic E-state index is 13.2. The van der Waals surface area contributed by atoms with Crippen LogP contribution >= 0.6 is 0 Å². The van der Waals surface area contributed by atoms with Crippen LogP contribution in [-0.4, -0.2) is 23.9 Å². The van der Waals surface area contributed by atoms with Crippen LogP contribution in [0.5, 0.6) is 0 Å². The van der Waals surface area contributed by atoms with Crippen LogP contribution < -0.4 is 5.32 Å². The molecule has 0 heterocycles. The van der Waals surface area contributed by atoms with Crippen LogP contribution in [-0.2, 0) is 11.3 Å². The van der Waals surface area contributed by atoms with Gasteiger partial charge in [-0.1, -0.05) is 24.3 Å². The van der Waals surface area contributed by atoms with Crippen molar-refractivity contribution in [3.05, 3.63) is 65.0 Å². The second kappa shape index (κ2) is 7.27. The molecule has 0 radical (unpaired) electrons. The first-order valence-corrected chi connectivity index (χ1v) is 7.70. The number of carbonyl (C=O) groups excluding carboxylic acids is 1. The maximum absolute atomic E-state index is 13.2. The van der Waals surface area contributed by atoms with E-state index in [0.29, 0.717) is 6.54 Å². The van der Waals surface area contributed by atoms with E-state index in [2.05, 4.69) is 5.32 Å². The van der Waals surface area contributed by atoms with Gasteiger partial charge in [-0.3, -0.25) is 4.79 Å². The third kappa shape index (κ3) is 4.31. The fraction of sp³-hybridized carbons (Fsp3) is 0.316. The lowest BCUT2D eigenvalue weighted by molar-refractivity contribution is -0.130. The van der Waals surface area contributed by atoms with Gasteiger partial charge in [-0.15, -0.1) is 0 Å². The molecule has 1 atom stereocenters. The van der Waals surface area contributed by atoms with E-state index in [9.17, 15) is 9.18 Å². The van der Waals surface area contributed by atoms with Gasteiger partial charge in [0.2, 0.25) is 5.91 Å². The number of nitrogens with zero attached hydrogens (tertiary/aromatic N) is 1. The van der Waals surface area contributed by atoms with Crippen LogP contribution in [0.1, 0.15) is 23.6 Å². The molecule has 0 bridgehead atoms. The molecule has 0 aliphatic heterocycles. The third-order valence-corrected chi connectivity index (χ3v) is 4.03. The molecule has 2 aromatic rings. The first-order valence-electron chi connectivity index (χ1n) is 7.70. The largest absolute Gasteiger partial charge is 0.374 e. The van der Waals surface area contributed by atoms with Crippen LogP contribution in [0.3, 0.4) is 0 Å². The number of rotatable bonds is 5. The summed E-state index contributed by atoms with van der Waals surface area (Å²) in [6.07, 6.45) is 0. The van der Waals surface area contributed by atoms with E-state index < -0.39 is 0 Å². The molecule has 1 unspecified atom stereocenters. The Balaban J connectivity index is 2.02. The van der Waals surface area contributed by atoms with Gasteiger partial charge >= 0.3 is 0 Å². The Hall–Kier alpha value is -2.36. The Bertz CT molecular complexity index is 700. The van der Waals surface area contributed by atoms with Crippen LogP contribution in [0.2, 0.25) is 0 Å². The van der Waals surface area contributed by atoms with Gasteiger partial charge in [0.25, 0.3) is 0 Å². The summed E-state index contributed by atoms with van der Waals surface area (Å²) in [6.45, 7) is 6.30. The quantitative estimate of drug-likeness (QED) is 0.908. The Kier molecular flexibility index (Phi) is 5.37. The molecule has 4 heteroatoms. The van der Waals surface area contributed by atoms with E-state index >= 15 is 0 Å². The van der Waals surface area contributed by atoms with E-state index in [-0.39, 0.29) is 17.8 Å². The Labute approximate surface area is 137 Å². The molecule has 3 nitrogen and oxygen atoms in total. The summed E-state index contributed by atoms with van der Waals surface area (Å²) in [5.74, 6) is -0.319. The molecular weight excluding hydrogens is 291 g/mol. The van der Waals surface area contributed by atoms with Gasteiger partial charge in [0.15, 0.2) is 0 Å². The van der Waals surface area contributed by atoms with Crippen LogP contribution in [0.4, 0.5) is 10.1 Å². The second-order valence-corrected chi connectivity index (χ2v) is 5.94. The minimum atomic E-state index is -0.353. The van der Waals surface area contributed by atoms with Gasteiger partial charge in [0.1, 0.15) is 11.9 Å². The van der Waals surface area contributed by atoms with Crippen molar-refractivity contribution in [3.8, 4) is 0 Å². The molecule has 2 aromatic carbocycles. The summed E-state index contributed by atoms with van der Waals surface area (Å²) in [5.41, 5.74) is 4.06. The van der Waals surface area contributed by atoms with Crippen molar-refractivity contribution in [2.24, 2.45) is 0 Å². The number of anilines is 1. The fourth-order valence-corrected chi connectivity index (χ4v) is 2.52. The standard InChI is InChI=1S/C19H23FN2O/c1-13-7-5-10-18(14(13)2)21-15(3)19(23)22(4)12-16-8-6-9-17(20)11-16/h5-11,15,21H,12H2,1-4H3. The van der Waals surface area contributed by atoms with Gasteiger partial charge in [-0.05, 0) is 55.7 Å². The molecule has 0 aromatic heterocycles. The highest BCUT2D eigenvalue weighted by Crippen LogP contribution is 2.19. The lowest BCUT2D eigenvalue weighted by atomic mass is 10.1. The first kappa shape index (κ1) is 17.0. The molecule has 0 saturated carbocycles. The zero-order valence-electron chi connectivity index (χ0n) is 14.1. The number of benzene rings is 2. The zero-order valence-corrected chi connectivity index (χ0v) is 14.1. The number of aryl methyl sites for hydroxylation is 1. The van der Waals surface area contributed by atoms with Crippen molar-refractivity contribution in [2.75, 3.05) is 12.4 Å². The van der Waals surface area contributed by atoms with E-state index in [0.717, 1.165) is 16.8 Å². The average Bonchev–Trinajstić information content (AvgIpc) is 2.51. The van der Waals surface area contributed by atoms with Crippen LogP contribution in [0.15, 0.2) is 42.5 Å². The van der Waals surface area contributed by atoms with Gasteiger partial charge in [0, 0.05) is 19.3 Å². The van der Waals surface area contributed by atoms with Crippen molar-refractivity contribution in [1.82, 2.24) is 4.90 Å². The molecule has 0 aliphatic carbocycles. The molecular formula is C19H23FN2O. The molecule has 0 saturated heterocycles. The van der Waals surface area contributed by atoms with E-state index in [1.54, 1.807) is 18.0 Å². The summed E-state index contributed by atoms with van der Waals surface area (Å²) in [5, 5.41) is 3.26. The van der Waals surface area contributed by atoms with E-state index in [1.807, 2.05) is 45.0 Å². The number of halogens is 1. The molecule has 0 aliphatic rings. The van der Waals surface area contributed by atoms with Gasteiger partial charge in [-0.25, -0.2) is 4.39 Å². The smallest absolute Gasteiger partial charge is 0.244 e. The summed E-state index contributed by atoms with van der Waals surface area (Å²) >= 11 is 0. The topological polar surface area (TPSA) is 32.3 Å². The predicted octanol–water partition coefficient (Wildman–Crippen LogP) is 3.90. The van der Waals surface area contributed by atoms with Crippen molar-refractivity contribution in [2.45, 2.75) is 33.4 Å². The molecule has 1 amide bonds. The number of amides is 1. The van der Waals surface area contributed by atoms with E-state index in [1.165, 1.54) is 17.7 Å². The summed E-state index contributed by atoms with van der Waals surface area (Å²) < 4.78 is 13.2. The number of carbonyl (C=O) groups is 1. The summed E-state index contributed by atoms with van der Waals surface area (Å²) in [4.78, 5) is 14.1. The number of hydrogen-bond acceptors (Lipinski definition) is 2. The average molecular weight is 314 g/mol. The number of nitrogens with one attached hydrogen (secondary N) is 1. The molecule has 122 valence electrons. The van der Waals surface area contributed by atoms with Gasteiger partial charge in [0.05, 0.1) is 0 Å². The first-order chi connectivity index (χ1) is 10.9. The minimum Gasteiger partial charge on any atom is -0.374 e. The Morgan fingerprint density at radius 3 is 2.61 bits per heavy atom. The molecule has 0 spiro atoms. The van der Waals surface area contributed by atoms with E-state index in [4.69, 9.17) is 0 Å². The maximum Gasteiger partial charge on any atom is 0.244 e. The highest BCUT2D eigenvalue weighted by molar-refractivity contribution is 5.84. The lowest BCUT2D eigenvalue weighted by Crippen LogP contribution is -2.38. The number of hydrogen-bond donors (Lipinski definition) is 1. The van der Waals surface area contributed by atoms with Gasteiger partial charge in [-0.2, -0.15) is 0 Å². The van der Waals surface area contributed by atoms with Crippen LogP contribution in [0, 0.1) is 19.7 Å². The highest BCUT2D eigenvalue weighted by Gasteiger charge is 2.18. The molecule has 2 rings (SSSR count). The normalized spacial score (nSPS) is 11.9. The third-order valence-electron chi connectivity index (χ3n) is 4.03. The van der Waals surface area contributed by atoms with Crippen LogP contribution in [0.25, 0.3) is 0 Å².